The molecular weight excluding hydrogens is 182 g/mol. The van der Waals surface area contributed by atoms with Gasteiger partial charge in [0.25, 0.3) is 0 Å². The van der Waals surface area contributed by atoms with Gasteiger partial charge in [-0.1, -0.05) is 17.7 Å². The van der Waals surface area contributed by atoms with Crippen molar-refractivity contribution in [3.63, 3.8) is 0 Å². The van der Waals surface area contributed by atoms with E-state index in [0.29, 0.717) is 0 Å². The molecule has 1 aliphatic heterocycles. The van der Waals surface area contributed by atoms with Crippen molar-refractivity contribution in [3.05, 3.63) is 35.7 Å². The zero-order valence-electron chi connectivity index (χ0n) is 7.59. The summed E-state index contributed by atoms with van der Waals surface area (Å²) >= 11 is 6.00. The molecule has 1 saturated heterocycles. The van der Waals surface area contributed by atoms with Crippen LogP contribution in [0.3, 0.4) is 0 Å². The molecule has 2 rings (SSSR count). The first-order valence-corrected chi connectivity index (χ1v) is 5.01. The predicted octanol–water partition coefficient (Wildman–Crippen LogP) is 3.12. The van der Waals surface area contributed by atoms with Crippen molar-refractivity contribution in [2.45, 2.75) is 12.8 Å². The van der Waals surface area contributed by atoms with E-state index in [2.05, 4.69) is 17.9 Å². The second-order valence-electron chi connectivity index (χ2n) is 3.47. The number of nitrogens with zero attached hydrogens (tertiary/aromatic N) is 1. The molecule has 0 aromatic heterocycles. The molecule has 0 spiro atoms. The zero-order chi connectivity index (χ0) is 9.26. The first kappa shape index (κ1) is 8.89. The van der Waals surface area contributed by atoms with Gasteiger partial charge in [-0.3, -0.25) is 0 Å². The minimum Gasteiger partial charge on any atom is -0.371 e. The van der Waals surface area contributed by atoms with Gasteiger partial charge in [0.15, 0.2) is 0 Å². The second-order valence-corrected chi connectivity index (χ2v) is 3.88. The van der Waals surface area contributed by atoms with Gasteiger partial charge in [0.2, 0.25) is 0 Å². The van der Waals surface area contributed by atoms with Crippen LogP contribution in [0.25, 0.3) is 0 Å². The second kappa shape index (κ2) is 3.59. The molecule has 0 aliphatic carbocycles. The van der Waals surface area contributed by atoms with Crippen molar-refractivity contribution >= 4 is 17.3 Å². The molecule has 1 aromatic rings. The maximum Gasteiger partial charge on any atom is 0.0458 e. The molecule has 0 atom stereocenters. The maximum atomic E-state index is 6.00. The van der Waals surface area contributed by atoms with Crippen LogP contribution >= 0.6 is 11.6 Å². The molecular formula is C11H13ClN. The number of benzene rings is 1. The van der Waals surface area contributed by atoms with Crippen molar-refractivity contribution < 1.29 is 0 Å². The summed E-state index contributed by atoms with van der Waals surface area (Å²) in [6, 6.07) is 6.09. The van der Waals surface area contributed by atoms with Crippen molar-refractivity contribution in [1.29, 1.82) is 0 Å². The lowest BCUT2D eigenvalue weighted by atomic mass is 10.2. The van der Waals surface area contributed by atoms with Crippen LogP contribution in [0.4, 0.5) is 5.69 Å². The molecule has 0 amide bonds. The Bertz CT molecular complexity index is 303. The number of rotatable bonds is 1. The van der Waals surface area contributed by atoms with E-state index in [1.807, 2.05) is 12.1 Å². The van der Waals surface area contributed by atoms with Gasteiger partial charge in [0.05, 0.1) is 0 Å². The highest BCUT2D eigenvalue weighted by Gasteiger charge is 2.12. The quantitative estimate of drug-likeness (QED) is 0.664. The number of halogens is 1. The number of hydrogen-bond acceptors (Lipinski definition) is 1. The SMILES string of the molecule is [CH2]c1ccc(N2CCCC2)cc1Cl. The highest BCUT2D eigenvalue weighted by molar-refractivity contribution is 6.31. The Balaban J connectivity index is 2.25. The number of hydrogen-bond donors (Lipinski definition) is 0. The zero-order valence-corrected chi connectivity index (χ0v) is 8.35. The largest absolute Gasteiger partial charge is 0.371 e. The summed E-state index contributed by atoms with van der Waals surface area (Å²) in [7, 11) is 0. The molecule has 1 radical (unpaired) electrons. The minimum atomic E-state index is 0.768. The van der Waals surface area contributed by atoms with Gasteiger partial charge in [-0.2, -0.15) is 0 Å². The Morgan fingerprint density at radius 3 is 2.54 bits per heavy atom. The standard InChI is InChI=1S/C11H13ClN/c1-9-4-5-10(8-11(9)12)13-6-2-3-7-13/h4-5,8H,1-3,6-7H2. The van der Waals surface area contributed by atoms with Gasteiger partial charge < -0.3 is 4.90 Å². The Morgan fingerprint density at radius 1 is 1.23 bits per heavy atom. The smallest absolute Gasteiger partial charge is 0.0458 e. The Morgan fingerprint density at radius 2 is 1.92 bits per heavy atom. The van der Waals surface area contributed by atoms with E-state index >= 15 is 0 Å². The van der Waals surface area contributed by atoms with E-state index < -0.39 is 0 Å². The Labute approximate surface area is 84.3 Å². The van der Waals surface area contributed by atoms with Crippen molar-refractivity contribution in [2.24, 2.45) is 0 Å². The third kappa shape index (κ3) is 1.80. The third-order valence-electron chi connectivity index (χ3n) is 2.51. The fraction of sp³-hybridized carbons (Fsp3) is 0.364. The monoisotopic (exact) mass is 194 g/mol. The summed E-state index contributed by atoms with van der Waals surface area (Å²) in [5, 5.41) is 0.768. The summed E-state index contributed by atoms with van der Waals surface area (Å²) in [4.78, 5) is 2.37. The molecule has 0 unspecified atom stereocenters. The topological polar surface area (TPSA) is 3.24 Å². The first-order valence-electron chi connectivity index (χ1n) is 4.64. The van der Waals surface area contributed by atoms with Crippen LogP contribution in [0.15, 0.2) is 18.2 Å². The van der Waals surface area contributed by atoms with Crippen LogP contribution in [0, 0.1) is 6.92 Å². The average molecular weight is 195 g/mol. The fourth-order valence-corrected chi connectivity index (χ4v) is 1.88. The van der Waals surface area contributed by atoms with E-state index in [9.17, 15) is 0 Å². The third-order valence-corrected chi connectivity index (χ3v) is 2.86. The molecule has 1 nitrogen and oxygen atoms in total. The molecule has 0 N–H and O–H groups in total. The molecule has 2 heteroatoms. The van der Waals surface area contributed by atoms with Gasteiger partial charge >= 0.3 is 0 Å². The molecule has 13 heavy (non-hydrogen) atoms. The first-order chi connectivity index (χ1) is 6.27. The van der Waals surface area contributed by atoms with Crippen molar-refractivity contribution in [1.82, 2.24) is 0 Å². The van der Waals surface area contributed by atoms with Crippen LogP contribution in [-0.4, -0.2) is 13.1 Å². The molecule has 1 aromatic carbocycles. The number of anilines is 1. The van der Waals surface area contributed by atoms with Gasteiger partial charge in [-0.05, 0) is 37.5 Å². The molecule has 69 valence electrons. The Hall–Kier alpha value is -0.690. The van der Waals surface area contributed by atoms with Gasteiger partial charge in [0.1, 0.15) is 0 Å². The highest BCUT2D eigenvalue weighted by Crippen LogP contribution is 2.25. The fourth-order valence-electron chi connectivity index (χ4n) is 1.71. The van der Waals surface area contributed by atoms with E-state index in [1.54, 1.807) is 0 Å². The average Bonchev–Trinajstić information content (AvgIpc) is 2.62. The molecule has 0 bridgehead atoms. The van der Waals surface area contributed by atoms with Crippen LogP contribution in [0.2, 0.25) is 5.02 Å². The van der Waals surface area contributed by atoms with Crippen LogP contribution in [0.5, 0.6) is 0 Å². The van der Waals surface area contributed by atoms with Crippen molar-refractivity contribution in [2.75, 3.05) is 18.0 Å². The summed E-state index contributed by atoms with van der Waals surface area (Å²) in [6.07, 6.45) is 2.59. The maximum absolute atomic E-state index is 6.00. The highest BCUT2D eigenvalue weighted by atomic mass is 35.5. The van der Waals surface area contributed by atoms with Crippen LogP contribution < -0.4 is 4.90 Å². The summed E-state index contributed by atoms with van der Waals surface area (Å²) in [5.41, 5.74) is 2.14. The van der Waals surface area contributed by atoms with Gasteiger partial charge in [-0.15, -0.1) is 0 Å². The molecule has 0 saturated carbocycles. The predicted molar refractivity (Wildman–Crippen MR) is 57.4 cm³/mol. The Kier molecular flexibility index (Phi) is 2.45. The summed E-state index contributed by atoms with van der Waals surface area (Å²) in [6.45, 7) is 6.16. The van der Waals surface area contributed by atoms with Gasteiger partial charge in [-0.25, -0.2) is 0 Å². The lowest BCUT2D eigenvalue weighted by Crippen LogP contribution is -2.17. The lowest BCUT2D eigenvalue weighted by molar-refractivity contribution is 0.949. The molecule has 1 fully saturated rings. The van der Waals surface area contributed by atoms with Crippen LogP contribution in [-0.2, 0) is 0 Å². The minimum absolute atomic E-state index is 0.768. The van der Waals surface area contributed by atoms with E-state index in [4.69, 9.17) is 11.6 Å². The molecule has 1 aliphatic rings. The normalized spacial score (nSPS) is 16.6. The van der Waals surface area contributed by atoms with Crippen LogP contribution in [0.1, 0.15) is 18.4 Å². The van der Waals surface area contributed by atoms with Gasteiger partial charge in [0, 0.05) is 23.8 Å². The molecule has 1 heterocycles. The van der Waals surface area contributed by atoms with E-state index in [0.717, 1.165) is 23.7 Å². The lowest BCUT2D eigenvalue weighted by Gasteiger charge is -2.17. The summed E-state index contributed by atoms with van der Waals surface area (Å²) < 4.78 is 0. The summed E-state index contributed by atoms with van der Waals surface area (Å²) in [5.74, 6) is 0. The van der Waals surface area contributed by atoms with Crippen molar-refractivity contribution in [3.8, 4) is 0 Å². The van der Waals surface area contributed by atoms with E-state index in [1.165, 1.54) is 18.5 Å². The van der Waals surface area contributed by atoms with E-state index in [-0.39, 0.29) is 0 Å².